The van der Waals surface area contributed by atoms with Gasteiger partial charge in [-0.1, -0.05) is 0 Å². The molecular weight excluding hydrogens is 316 g/mol. The molecule has 1 aromatic carbocycles. The molecule has 1 saturated heterocycles. The number of methoxy groups -OCH3 is 1. The predicted molar refractivity (Wildman–Crippen MR) is 87.9 cm³/mol. The number of aryl methyl sites for hydroxylation is 1. The molecule has 1 heterocycles. The van der Waals surface area contributed by atoms with E-state index >= 15 is 0 Å². The van der Waals surface area contributed by atoms with Crippen molar-refractivity contribution in [3.8, 4) is 5.75 Å². The molecule has 1 N–H and O–H groups in total. The highest BCUT2D eigenvalue weighted by Gasteiger charge is 2.27. The van der Waals surface area contributed by atoms with E-state index in [1.54, 1.807) is 30.9 Å². The van der Waals surface area contributed by atoms with Gasteiger partial charge in [0.05, 0.1) is 18.0 Å². The molecule has 128 valence electrons. The minimum atomic E-state index is -3.75. The van der Waals surface area contributed by atoms with E-state index in [0.29, 0.717) is 24.4 Å². The van der Waals surface area contributed by atoms with Crippen molar-refractivity contribution in [1.29, 1.82) is 0 Å². The van der Waals surface area contributed by atoms with Crippen LogP contribution in [0.15, 0.2) is 23.1 Å². The van der Waals surface area contributed by atoms with Gasteiger partial charge in [-0.25, -0.2) is 8.42 Å². The maximum Gasteiger partial charge on any atom is 0.241 e. The first-order valence-electron chi connectivity index (χ1n) is 7.81. The first kappa shape index (κ1) is 17.7. The Morgan fingerprint density at radius 2 is 1.91 bits per heavy atom. The maximum atomic E-state index is 12.5. The van der Waals surface area contributed by atoms with Gasteiger partial charge in [-0.15, -0.1) is 0 Å². The molecule has 1 amide bonds. The number of nitrogens with one attached hydrogen (secondary N) is 1. The second-order valence-corrected chi connectivity index (χ2v) is 7.54. The summed E-state index contributed by atoms with van der Waals surface area (Å²) in [7, 11) is -2.22. The van der Waals surface area contributed by atoms with Crippen molar-refractivity contribution in [2.75, 3.05) is 20.2 Å². The zero-order valence-electron chi connectivity index (χ0n) is 13.8. The van der Waals surface area contributed by atoms with Gasteiger partial charge in [0.1, 0.15) is 5.75 Å². The highest BCUT2D eigenvalue weighted by atomic mass is 32.2. The fraction of sp³-hybridized carbons (Fsp3) is 0.562. The van der Waals surface area contributed by atoms with Gasteiger partial charge in [0.15, 0.2) is 0 Å². The van der Waals surface area contributed by atoms with E-state index in [0.717, 1.165) is 19.3 Å². The fourth-order valence-electron chi connectivity index (χ4n) is 2.79. The molecule has 0 aromatic heterocycles. The molecule has 1 aromatic rings. The second kappa shape index (κ2) is 7.31. The summed E-state index contributed by atoms with van der Waals surface area (Å²) in [6.45, 7) is 4.69. The smallest absolute Gasteiger partial charge is 0.241 e. The Balaban J connectivity index is 2.12. The molecule has 1 fully saturated rings. The number of rotatable bonds is 5. The van der Waals surface area contributed by atoms with Gasteiger partial charge in [-0.05, 0) is 56.9 Å². The van der Waals surface area contributed by atoms with E-state index in [1.165, 1.54) is 13.2 Å². The summed E-state index contributed by atoms with van der Waals surface area (Å²) in [6.07, 6.45) is 3.07. The van der Waals surface area contributed by atoms with Crippen molar-refractivity contribution in [3.63, 3.8) is 0 Å². The van der Waals surface area contributed by atoms with E-state index in [9.17, 15) is 13.2 Å². The number of likely N-dealkylation sites (tertiary alicyclic amines) is 1. The molecule has 1 aliphatic heterocycles. The summed E-state index contributed by atoms with van der Waals surface area (Å²) in [5, 5.41) is 0. The van der Waals surface area contributed by atoms with Crippen molar-refractivity contribution >= 4 is 15.9 Å². The second-order valence-electron chi connectivity index (χ2n) is 5.86. The van der Waals surface area contributed by atoms with Crippen LogP contribution in [0, 0.1) is 6.92 Å². The molecule has 0 saturated carbocycles. The number of carbonyl (C=O) groups is 1. The van der Waals surface area contributed by atoms with E-state index in [2.05, 4.69) is 4.72 Å². The van der Waals surface area contributed by atoms with Crippen LogP contribution in [0.3, 0.4) is 0 Å². The van der Waals surface area contributed by atoms with E-state index < -0.39 is 16.1 Å². The number of ether oxygens (including phenoxy) is 1. The average molecular weight is 340 g/mol. The lowest BCUT2D eigenvalue weighted by Crippen LogP contribution is -2.48. The number of piperidine rings is 1. The van der Waals surface area contributed by atoms with Crippen molar-refractivity contribution < 1.29 is 17.9 Å². The lowest BCUT2D eigenvalue weighted by atomic mass is 10.1. The van der Waals surface area contributed by atoms with Crippen molar-refractivity contribution in [1.82, 2.24) is 9.62 Å². The first-order chi connectivity index (χ1) is 10.8. The van der Waals surface area contributed by atoms with Crippen LogP contribution in [0.4, 0.5) is 0 Å². The van der Waals surface area contributed by atoms with Gasteiger partial charge < -0.3 is 9.64 Å². The summed E-state index contributed by atoms with van der Waals surface area (Å²) in [6, 6.07) is 3.97. The van der Waals surface area contributed by atoms with Crippen LogP contribution in [0.5, 0.6) is 5.75 Å². The standard InChI is InChI=1S/C16H24N2O4S/c1-12-11-14(22-3)7-8-15(12)23(20,21)17-13(2)16(19)18-9-5-4-6-10-18/h7-8,11,13,17H,4-6,9-10H2,1-3H3/t13-/m0/s1. The molecule has 1 atom stereocenters. The number of benzene rings is 1. The van der Waals surface area contributed by atoms with Crippen LogP contribution < -0.4 is 9.46 Å². The highest BCUT2D eigenvalue weighted by Crippen LogP contribution is 2.21. The first-order valence-corrected chi connectivity index (χ1v) is 9.29. The molecular formula is C16H24N2O4S. The normalized spacial score (nSPS) is 16.9. The van der Waals surface area contributed by atoms with Crippen LogP contribution >= 0.6 is 0 Å². The van der Waals surface area contributed by atoms with E-state index in [4.69, 9.17) is 4.74 Å². The molecule has 0 radical (unpaired) electrons. The number of hydrogen-bond acceptors (Lipinski definition) is 4. The third-order valence-electron chi connectivity index (χ3n) is 4.04. The zero-order valence-corrected chi connectivity index (χ0v) is 14.6. The van der Waals surface area contributed by atoms with Crippen LogP contribution in [-0.4, -0.2) is 45.5 Å². The summed E-state index contributed by atoms with van der Waals surface area (Å²) < 4.78 is 32.6. The number of sulfonamides is 1. The average Bonchev–Trinajstić information content (AvgIpc) is 2.54. The molecule has 23 heavy (non-hydrogen) atoms. The minimum Gasteiger partial charge on any atom is -0.497 e. The Hall–Kier alpha value is -1.60. The summed E-state index contributed by atoms with van der Waals surface area (Å²) in [5.74, 6) is 0.429. The van der Waals surface area contributed by atoms with Crippen molar-refractivity contribution in [3.05, 3.63) is 23.8 Å². The SMILES string of the molecule is COc1ccc(S(=O)(=O)N[C@@H](C)C(=O)N2CCCCC2)c(C)c1. The van der Waals surface area contributed by atoms with Gasteiger partial charge in [-0.3, -0.25) is 4.79 Å². The molecule has 0 unspecified atom stereocenters. The van der Waals surface area contributed by atoms with Crippen molar-refractivity contribution in [2.24, 2.45) is 0 Å². The fourth-order valence-corrected chi connectivity index (χ4v) is 4.21. The Kier molecular flexibility index (Phi) is 5.64. The minimum absolute atomic E-state index is 0.164. The summed E-state index contributed by atoms with van der Waals surface area (Å²) >= 11 is 0. The van der Waals surface area contributed by atoms with Gasteiger partial charge in [0, 0.05) is 13.1 Å². The van der Waals surface area contributed by atoms with E-state index in [-0.39, 0.29) is 10.8 Å². The molecule has 0 spiro atoms. The van der Waals surface area contributed by atoms with Crippen molar-refractivity contribution in [2.45, 2.75) is 44.0 Å². The zero-order chi connectivity index (χ0) is 17.0. The predicted octanol–water partition coefficient (Wildman–Crippen LogP) is 1.68. The summed E-state index contributed by atoms with van der Waals surface area (Å²) in [5.41, 5.74) is 0.578. The topological polar surface area (TPSA) is 75.7 Å². The summed E-state index contributed by atoms with van der Waals surface area (Å²) in [4.78, 5) is 14.3. The van der Waals surface area contributed by atoms with Crippen LogP contribution in [0.2, 0.25) is 0 Å². The van der Waals surface area contributed by atoms with Crippen LogP contribution in [-0.2, 0) is 14.8 Å². The number of amides is 1. The van der Waals surface area contributed by atoms with Gasteiger partial charge in [-0.2, -0.15) is 4.72 Å². The third-order valence-corrected chi connectivity index (χ3v) is 5.74. The van der Waals surface area contributed by atoms with Gasteiger partial charge in [0.25, 0.3) is 0 Å². The third kappa shape index (κ3) is 4.23. The van der Waals surface area contributed by atoms with Crippen LogP contribution in [0.25, 0.3) is 0 Å². The highest BCUT2D eigenvalue weighted by molar-refractivity contribution is 7.89. The Morgan fingerprint density at radius 1 is 1.26 bits per heavy atom. The van der Waals surface area contributed by atoms with E-state index in [1.807, 2.05) is 0 Å². The number of nitrogens with zero attached hydrogens (tertiary/aromatic N) is 1. The molecule has 6 nitrogen and oxygen atoms in total. The number of carbonyl (C=O) groups excluding carboxylic acids is 1. The molecule has 0 aliphatic carbocycles. The Bertz CT molecular complexity index is 667. The monoisotopic (exact) mass is 340 g/mol. The lowest BCUT2D eigenvalue weighted by Gasteiger charge is -2.29. The lowest BCUT2D eigenvalue weighted by molar-refractivity contribution is -0.133. The molecule has 2 rings (SSSR count). The molecule has 0 bridgehead atoms. The van der Waals surface area contributed by atoms with Gasteiger partial charge >= 0.3 is 0 Å². The maximum absolute atomic E-state index is 12.5. The molecule has 7 heteroatoms. The number of hydrogen-bond donors (Lipinski definition) is 1. The Morgan fingerprint density at radius 3 is 2.48 bits per heavy atom. The quantitative estimate of drug-likeness (QED) is 0.885. The van der Waals surface area contributed by atoms with Gasteiger partial charge in [0.2, 0.25) is 15.9 Å². The van der Waals surface area contributed by atoms with Crippen LogP contribution in [0.1, 0.15) is 31.7 Å². The Labute approximate surface area is 137 Å². The molecule has 1 aliphatic rings. The largest absolute Gasteiger partial charge is 0.497 e.